The van der Waals surface area contributed by atoms with Crippen molar-refractivity contribution in [1.29, 1.82) is 0 Å². The quantitative estimate of drug-likeness (QED) is 0.590. The number of esters is 1. The molecule has 0 saturated carbocycles. The van der Waals surface area contributed by atoms with E-state index in [9.17, 15) is 14.4 Å². The lowest BCUT2D eigenvalue weighted by Crippen LogP contribution is -2.47. The average molecular weight is 356 g/mol. The number of benzene rings is 1. The number of ether oxygens (including phenoxy) is 1. The second-order valence-corrected chi connectivity index (χ2v) is 7.11. The van der Waals surface area contributed by atoms with Crippen LogP contribution in [0.3, 0.4) is 0 Å². The van der Waals surface area contributed by atoms with Crippen LogP contribution in [0, 0.1) is 5.92 Å². The van der Waals surface area contributed by atoms with Crippen LogP contribution in [0.25, 0.3) is 5.70 Å². The van der Waals surface area contributed by atoms with Crippen molar-refractivity contribution in [2.45, 2.75) is 13.8 Å². The highest BCUT2D eigenvalue weighted by atomic mass is 16.5. The Hall–Kier alpha value is -2.47. The smallest absolute Gasteiger partial charge is 0.320 e. The number of hydrogen-bond donors (Lipinski definition) is 0. The van der Waals surface area contributed by atoms with E-state index >= 15 is 0 Å². The van der Waals surface area contributed by atoms with Crippen LogP contribution in [-0.4, -0.2) is 66.7 Å². The number of fused-ring (bicyclic) bond motifs is 1. The fourth-order valence-electron chi connectivity index (χ4n) is 3.20. The molecule has 0 radical (unpaired) electrons. The molecule has 6 heteroatoms. The van der Waals surface area contributed by atoms with Crippen molar-refractivity contribution in [3.05, 3.63) is 41.5 Å². The van der Waals surface area contributed by atoms with Gasteiger partial charge in [0.2, 0.25) is 11.6 Å². The van der Waals surface area contributed by atoms with Crippen LogP contribution in [-0.2, 0) is 14.3 Å². The zero-order valence-corrected chi connectivity index (χ0v) is 15.2. The molecule has 1 fully saturated rings. The van der Waals surface area contributed by atoms with Crippen LogP contribution >= 0.6 is 0 Å². The van der Waals surface area contributed by atoms with Crippen LogP contribution in [0.2, 0.25) is 0 Å². The summed E-state index contributed by atoms with van der Waals surface area (Å²) in [6, 6.07) is 7.22. The Morgan fingerprint density at radius 1 is 1.08 bits per heavy atom. The number of carbonyl (C=O) groups excluding carboxylic acids is 3. The molecule has 0 atom stereocenters. The highest BCUT2D eigenvalue weighted by Gasteiger charge is 2.30. The molecule has 0 aromatic heterocycles. The Morgan fingerprint density at radius 2 is 1.73 bits per heavy atom. The fourth-order valence-corrected chi connectivity index (χ4v) is 3.20. The Labute approximate surface area is 153 Å². The van der Waals surface area contributed by atoms with E-state index in [2.05, 4.69) is 9.80 Å². The number of hydrogen-bond acceptors (Lipinski definition) is 6. The lowest BCUT2D eigenvalue weighted by Gasteiger charge is -2.38. The van der Waals surface area contributed by atoms with Gasteiger partial charge in [-0.05, 0) is 5.92 Å². The monoisotopic (exact) mass is 356 g/mol. The Kier molecular flexibility index (Phi) is 5.52. The number of nitrogens with zero attached hydrogens (tertiary/aromatic N) is 2. The standard InChI is InChI=1S/C20H24N2O4/c1-14(2)13-26-19(24)12-21-7-9-22(10-8-21)17-11-18(23)20(25)16-6-4-3-5-15(16)17/h3-6,11,14H,7-10,12-13H2,1-2H3. The van der Waals surface area contributed by atoms with Gasteiger partial charge in [0, 0.05) is 49.1 Å². The summed E-state index contributed by atoms with van der Waals surface area (Å²) in [6.07, 6.45) is 1.44. The van der Waals surface area contributed by atoms with Gasteiger partial charge in [0.1, 0.15) is 0 Å². The largest absolute Gasteiger partial charge is 0.464 e. The van der Waals surface area contributed by atoms with Crippen molar-refractivity contribution >= 4 is 23.2 Å². The van der Waals surface area contributed by atoms with E-state index in [1.54, 1.807) is 12.1 Å². The molecule has 0 N–H and O–H groups in total. The second kappa shape index (κ2) is 7.83. The number of rotatable bonds is 5. The van der Waals surface area contributed by atoms with Crippen LogP contribution < -0.4 is 0 Å². The molecule has 1 aliphatic heterocycles. The molecule has 0 amide bonds. The maximum atomic E-state index is 12.1. The minimum Gasteiger partial charge on any atom is -0.464 e. The summed E-state index contributed by atoms with van der Waals surface area (Å²) in [4.78, 5) is 40.1. The summed E-state index contributed by atoms with van der Waals surface area (Å²) in [7, 11) is 0. The summed E-state index contributed by atoms with van der Waals surface area (Å²) < 4.78 is 5.23. The normalized spacial score (nSPS) is 18.0. The first-order valence-electron chi connectivity index (χ1n) is 8.98. The Balaban J connectivity index is 1.62. The summed E-state index contributed by atoms with van der Waals surface area (Å²) >= 11 is 0. The molecular formula is C20H24N2O4. The molecule has 1 saturated heterocycles. The van der Waals surface area contributed by atoms with E-state index in [1.807, 2.05) is 26.0 Å². The Bertz CT molecular complexity index is 746. The molecule has 1 aliphatic carbocycles. The molecule has 3 rings (SSSR count). The van der Waals surface area contributed by atoms with Crippen LogP contribution in [0.1, 0.15) is 29.8 Å². The van der Waals surface area contributed by atoms with E-state index in [4.69, 9.17) is 4.74 Å². The predicted molar refractivity (Wildman–Crippen MR) is 97.6 cm³/mol. The molecule has 0 bridgehead atoms. The molecule has 6 nitrogen and oxygen atoms in total. The van der Waals surface area contributed by atoms with E-state index in [0.717, 1.165) is 11.3 Å². The van der Waals surface area contributed by atoms with E-state index in [-0.39, 0.29) is 12.5 Å². The van der Waals surface area contributed by atoms with Crippen LogP contribution in [0.4, 0.5) is 0 Å². The maximum Gasteiger partial charge on any atom is 0.320 e. The van der Waals surface area contributed by atoms with Crippen molar-refractivity contribution in [1.82, 2.24) is 9.80 Å². The van der Waals surface area contributed by atoms with Crippen LogP contribution in [0.15, 0.2) is 30.3 Å². The zero-order valence-electron chi connectivity index (χ0n) is 15.2. The van der Waals surface area contributed by atoms with Crippen LogP contribution in [0.5, 0.6) is 0 Å². The summed E-state index contributed by atoms with van der Waals surface area (Å²) in [5.74, 6) is -0.793. The average Bonchev–Trinajstić information content (AvgIpc) is 2.64. The summed E-state index contributed by atoms with van der Waals surface area (Å²) in [6.45, 7) is 7.54. The van der Waals surface area contributed by atoms with Gasteiger partial charge in [0.25, 0.3) is 0 Å². The first kappa shape index (κ1) is 18.3. The van der Waals surface area contributed by atoms with Gasteiger partial charge in [-0.3, -0.25) is 19.3 Å². The van der Waals surface area contributed by atoms with Gasteiger partial charge in [-0.15, -0.1) is 0 Å². The third-order valence-electron chi connectivity index (χ3n) is 4.58. The van der Waals surface area contributed by atoms with Gasteiger partial charge in [0.15, 0.2) is 0 Å². The lowest BCUT2D eigenvalue weighted by molar-refractivity contribution is -0.146. The molecule has 138 valence electrons. The number of allylic oxidation sites excluding steroid dienone is 1. The highest BCUT2D eigenvalue weighted by Crippen LogP contribution is 2.28. The number of carbonyl (C=O) groups is 3. The first-order valence-corrected chi connectivity index (χ1v) is 8.98. The van der Waals surface area contributed by atoms with Crippen molar-refractivity contribution in [2.75, 3.05) is 39.3 Å². The topological polar surface area (TPSA) is 66.9 Å². The fraction of sp³-hybridized carbons (Fsp3) is 0.450. The third kappa shape index (κ3) is 4.02. The van der Waals surface area contributed by atoms with Gasteiger partial charge in [-0.25, -0.2) is 0 Å². The van der Waals surface area contributed by atoms with Crippen molar-refractivity contribution in [3.8, 4) is 0 Å². The number of Topliss-reactive ketones (excluding diaryl/α,β-unsaturated/α-hetero) is 1. The van der Waals surface area contributed by atoms with Crippen molar-refractivity contribution in [2.24, 2.45) is 5.92 Å². The molecular weight excluding hydrogens is 332 g/mol. The van der Waals surface area contributed by atoms with E-state index in [0.29, 0.717) is 44.3 Å². The van der Waals surface area contributed by atoms with Gasteiger partial charge >= 0.3 is 5.97 Å². The summed E-state index contributed by atoms with van der Waals surface area (Å²) in [5, 5.41) is 0. The SMILES string of the molecule is CC(C)COC(=O)CN1CCN(C2=CC(=O)C(=O)c3ccccc32)CC1. The van der Waals surface area contributed by atoms with Gasteiger partial charge in [-0.1, -0.05) is 38.1 Å². The van der Waals surface area contributed by atoms with Gasteiger partial charge in [-0.2, -0.15) is 0 Å². The number of ketones is 2. The second-order valence-electron chi connectivity index (χ2n) is 7.11. The maximum absolute atomic E-state index is 12.1. The third-order valence-corrected chi connectivity index (χ3v) is 4.58. The molecule has 1 heterocycles. The zero-order chi connectivity index (χ0) is 18.7. The Morgan fingerprint density at radius 3 is 2.38 bits per heavy atom. The predicted octanol–water partition coefficient (Wildman–Crippen LogP) is 1.61. The van der Waals surface area contributed by atoms with Gasteiger partial charge in [0.05, 0.1) is 13.2 Å². The van der Waals surface area contributed by atoms with Crippen molar-refractivity contribution < 1.29 is 19.1 Å². The molecule has 1 aromatic carbocycles. The molecule has 1 aromatic rings. The first-order chi connectivity index (χ1) is 12.5. The highest BCUT2D eigenvalue weighted by molar-refractivity contribution is 6.50. The molecule has 26 heavy (non-hydrogen) atoms. The van der Waals surface area contributed by atoms with E-state index < -0.39 is 11.6 Å². The minimum atomic E-state index is -0.474. The molecule has 0 spiro atoms. The number of piperazine rings is 1. The van der Waals surface area contributed by atoms with E-state index in [1.165, 1.54) is 6.08 Å². The molecule has 0 unspecified atom stereocenters. The summed E-state index contributed by atoms with van der Waals surface area (Å²) in [5.41, 5.74) is 2.07. The lowest BCUT2D eigenvalue weighted by atomic mass is 9.92. The van der Waals surface area contributed by atoms with Gasteiger partial charge < -0.3 is 9.64 Å². The molecule has 2 aliphatic rings. The van der Waals surface area contributed by atoms with Crippen molar-refractivity contribution in [3.63, 3.8) is 0 Å². The minimum absolute atomic E-state index is 0.199.